The molecule has 2 aromatic rings. The van der Waals surface area contributed by atoms with Gasteiger partial charge in [-0.25, -0.2) is 9.47 Å². The Hall–Kier alpha value is -3.33. The zero-order chi connectivity index (χ0) is 23.6. The summed E-state index contributed by atoms with van der Waals surface area (Å²) in [5, 5.41) is 11.1. The van der Waals surface area contributed by atoms with Gasteiger partial charge in [0.15, 0.2) is 11.4 Å². The molecular weight excluding hydrogens is 414 g/mol. The molecular formula is C23H29N3O6. The van der Waals surface area contributed by atoms with Crippen LogP contribution in [0.3, 0.4) is 0 Å². The van der Waals surface area contributed by atoms with Crippen LogP contribution in [0.2, 0.25) is 0 Å². The Morgan fingerprint density at radius 1 is 1.16 bits per heavy atom. The highest BCUT2D eigenvalue weighted by Gasteiger charge is 2.39. The van der Waals surface area contributed by atoms with Gasteiger partial charge in [-0.15, -0.1) is 0 Å². The summed E-state index contributed by atoms with van der Waals surface area (Å²) >= 11 is 0. The van der Waals surface area contributed by atoms with Gasteiger partial charge in [-0.05, 0) is 40.2 Å². The first-order chi connectivity index (χ1) is 15.0. The molecule has 1 aliphatic heterocycles. The summed E-state index contributed by atoms with van der Waals surface area (Å²) in [5.74, 6) is -0.662. The fourth-order valence-corrected chi connectivity index (χ4v) is 3.34. The van der Waals surface area contributed by atoms with Crippen molar-refractivity contribution in [1.29, 1.82) is 0 Å². The number of rotatable bonds is 5. The number of nitrogens with zero attached hydrogens (tertiary/aromatic N) is 3. The first kappa shape index (κ1) is 23.3. The highest BCUT2D eigenvalue weighted by atomic mass is 16.6. The van der Waals surface area contributed by atoms with E-state index in [1.165, 1.54) is 20.7 Å². The predicted molar refractivity (Wildman–Crippen MR) is 118 cm³/mol. The van der Waals surface area contributed by atoms with Crippen LogP contribution in [-0.2, 0) is 18.0 Å². The van der Waals surface area contributed by atoms with E-state index in [0.717, 1.165) is 5.56 Å². The second-order valence-corrected chi connectivity index (χ2v) is 8.81. The van der Waals surface area contributed by atoms with E-state index in [-0.39, 0.29) is 36.5 Å². The van der Waals surface area contributed by atoms with Crippen LogP contribution in [0.4, 0.5) is 4.79 Å². The molecule has 1 aromatic carbocycles. The zero-order valence-corrected chi connectivity index (χ0v) is 19.0. The Balaban J connectivity index is 2.16. The van der Waals surface area contributed by atoms with Crippen molar-refractivity contribution in [1.82, 2.24) is 9.58 Å². The van der Waals surface area contributed by atoms with Crippen molar-refractivity contribution in [2.75, 3.05) is 11.7 Å². The van der Waals surface area contributed by atoms with E-state index in [0.29, 0.717) is 0 Å². The molecule has 3 rings (SSSR count). The van der Waals surface area contributed by atoms with Gasteiger partial charge in [0, 0.05) is 12.1 Å². The second kappa shape index (κ2) is 9.04. The number of hydrogen-bond acceptors (Lipinski definition) is 6. The van der Waals surface area contributed by atoms with Gasteiger partial charge in [0.1, 0.15) is 18.9 Å². The molecule has 9 heteroatoms. The SMILES string of the molecule is CC(C)N1CN(C(=O)OC(C)(C)C)n2c(CO)cc(=O)c(OCc3ccccc3)c2C1=O. The maximum absolute atomic E-state index is 13.4. The summed E-state index contributed by atoms with van der Waals surface area (Å²) in [7, 11) is 0. The molecule has 0 unspecified atom stereocenters. The summed E-state index contributed by atoms with van der Waals surface area (Å²) in [6.45, 7) is 8.19. The van der Waals surface area contributed by atoms with Crippen molar-refractivity contribution in [3.8, 4) is 5.75 Å². The van der Waals surface area contributed by atoms with E-state index in [1.807, 2.05) is 30.3 Å². The number of benzene rings is 1. The number of fused-ring (bicyclic) bond motifs is 1. The standard InChI is InChI=1S/C23H29N3O6/c1-15(2)24-14-25(22(30)32-23(3,4)5)26-17(12-27)11-18(28)20(19(26)21(24)29)31-13-16-9-7-6-8-10-16/h6-11,15,27H,12-14H2,1-5H3. The number of ether oxygens (including phenoxy) is 2. The monoisotopic (exact) mass is 443 g/mol. The van der Waals surface area contributed by atoms with Gasteiger partial charge in [-0.2, -0.15) is 5.01 Å². The summed E-state index contributed by atoms with van der Waals surface area (Å²) in [6.07, 6.45) is -0.718. The molecule has 0 saturated heterocycles. The molecule has 0 saturated carbocycles. The van der Waals surface area contributed by atoms with Crippen LogP contribution in [0.5, 0.6) is 5.75 Å². The molecule has 0 fully saturated rings. The van der Waals surface area contributed by atoms with E-state index < -0.39 is 29.6 Å². The quantitative estimate of drug-likeness (QED) is 0.762. The summed E-state index contributed by atoms with van der Waals surface area (Å²) in [6, 6.07) is 10.1. The first-order valence-electron chi connectivity index (χ1n) is 10.4. The van der Waals surface area contributed by atoms with Crippen molar-refractivity contribution in [3.63, 3.8) is 0 Å². The Labute approximate surface area is 186 Å². The van der Waals surface area contributed by atoms with Crippen LogP contribution in [0.15, 0.2) is 41.2 Å². The molecule has 2 amide bonds. The molecule has 0 spiro atoms. The lowest BCUT2D eigenvalue weighted by Gasteiger charge is -2.41. The Morgan fingerprint density at radius 3 is 2.38 bits per heavy atom. The van der Waals surface area contributed by atoms with Gasteiger partial charge in [-0.1, -0.05) is 30.3 Å². The molecule has 1 aromatic heterocycles. The van der Waals surface area contributed by atoms with E-state index in [4.69, 9.17) is 9.47 Å². The zero-order valence-electron chi connectivity index (χ0n) is 19.0. The van der Waals surface area contributed by atoms with Gasteiger partial charge in [-0.3, -0.25) is 9.59 Å². The van der Waals surface area contributed by atoms with Gasteiger partial charge in [0.05, 0.1) is 12.3 Å². The molecule has 32 heavy (non-hydrogen) atoms. The Kier molecular flexibility index (Phi) is 6.59. The number of amides is 2. The average molecular weight is 444 g/mol. The third-order valence-electron chi connectivity index (χ3n) is 4.83. The number of aromatic nitrogens is 1. The maximum atomic E-state index is 13.4. The number of carbonyl (C=O) groups is 2. The molecule has 2 heterocycles. The fraction of sp³-hybridized carbons (Fsp3) is 0.435. The lowest BCUT2D eigenvalue weighted by Crippen LogP contribution is -2.59. The van der Waals surface area contributed by atoms with Crippen molar-refractivity contribution >= 4 is 12.0 Å². The van der Waals surface area contributed by atoms with E-state index >= 15 is 0 Å². The minimum absolute atomic E-state index is 0.0585. The lowest BCUT2D eigenvalue weighted by atomic mass is 10.2. The van der Waals surface area contributed by atoms with Gasteiger partial charge >= 0.3 is 6.09 Å². The van der Waals surface area contributed by atoms with Crippen LogP contribution in [0.25, 0.3) is 0 Å². The number of hydrogen-bond donors (Lipinski definition) is 1. The van der Waals surface area contributed by atoms with Crippen LogP contribution >= 0.6 is 0 Å². The van der Waals surface area contributed by atoms with Crippen molar-refractivity contribution < 1.29 is 24.2 Å². The highest BCUT2D eigenvalue weighted by Crippen LogP contribution is 2.26. The third kappa shape index (κ3) is 4.77. The van der Waals surface area contributed by atoms with Crippen LogP contribution in [-0.4, -0.2) is 45.0 Å². The minimum atomic E-state index is -0.785. The molecule has 9 nitrogen and oxygen atoms in total. The van der Waals surface area contributed by atoms with Crippen LogP contribution < -0.4 is 15.2 Å². The summed E-state index contributed by atoms with van der Waals surface area (Å²) < 4.78 is 12.6. The smallest absolute Gasteiger partial charge is 0.431 e. The molecule has 172 valence electrons. The predicted octanol–water partition coefficient (Wildman–Crippen LogP) is 2.61. The van der Waals surface area contributed by atoms with E-state index in [9.17, 15) is 19.5 Å². The highest BCUT2D eigenvalue weighted by molar-refractivity contribution is 5.98. The average Bonchev–Trinajstić information content (AvgIpc) is 2.72. The minimum Gasteiger partial charge on any atom is -0.482 e. The molecule has 1 N–H and O–H groups in total. The summed E-state index contributed by atoms with van der Waals surface area (Å²) in [4.78, 5) is 40.7. The number of pyridine rings is 1. The van der Waals surface area contributed by atoms with Crippen molar-refractivity contribution in [2.45, 2.75) is 59.5 Å². The molecule has 0 atom stereocenters. The van der Waals surface area contributed by atoms with Gasteiger partial charge < -0.3 is 19.5 Å². The van der Waals surface area contributed by atoms with Crippen LogP contribution in [0.1, 0.15) is 56.4 Å². The molecule has 0 radical (unpaired) electrons. The van der Waals surface area contributed by atoms with E-state index in [2.05, 4.69) is 0 Å². The molecule has 0 bridgehead atoms. The maximum Gasteiger partial charge on any atom is 0.431 e. The Bertz CT molecular complexity index is 1060. The largest absolute Gasteiger partial charge is 0.482 e. The first-order valence-corrected chi connectivity index (χ1v) is 10.4. The summed E-state index contributed by atoms with van der Waals surface area (Å²) in [5.41, 5.74) is -0.570. The lowest BCUT2D eigenvalue weighted by molar-refractivity contribution is 0.0418. The van der Waals surface area contributed by atoms with Gasteiger partial charge in [0.25, 0.3) is 5.91 Å². The van der Waals surface area contributed by atoms with E-state index in [1.54, 1.807) is 34.6 Å². The number of carbonyl (C=O) groups excluding carboxylic acids is 2. The molecule has 0 aliphatic carbocycles. The molecule has 1 aliphatic rings. The van der Waals surface area contributed by atoms with Crippen molar-refractivity contribution in [3.05, 3.63) is 63.6 Å². The van der Waals surface area contributed by atoms with Gasteiger partial charge in [0.2, 0.25) is 5.43 Å². The van der Waals surface area contributed by atoms with Crippen LogP contribution in [0, 0.1) is 0 Å². The second-order valence-electron chi connectivity index (χ2n) is 8.81. The number of aliphatic hydroxyl groups excluding tert-OH is 1. The number of aliphatic hydroxyl groups is 1. The topological polar surface area (TPSA) is 101 Å². The fourth-order valence-electron chi connectivity index (χ4n) is 3.34. The van der Waals surface area contributed by atoms with Crippen molar-refractivity contribution in [2.24, 2.45) is 0 Å². The third-order valence-corrected chi connectivity index (χ3v) is 4.83. The Morgan fingerprint density at radius 2 is 1.81 bits per heavy atom. The normalized spacial score (nSPS) is 13.9.